The number of nitrogens with zero attached hydrogens (tertiary/aromatic N) is 3. The Labute approximate surface area is 109 Å². The first kappa shape index (κ1) is 13.5. The quantitative estimate of drug-likeness (QED) is 0.895. The van der Waals surface area contributed by atoms with E-state index in [0.29, 0.717) is 5.82 Å². The van der Waals surface area contributed by atoms with Crippen LogP contribution in [0.15, 0.2) is 0 Å². The maximum atomic E-state index is 9.35. The van der Waals surface area contributed by atoms with Gasteiger partial charge >= 0.3 is 0 Å². The van der Waals surface area contributed by atoms with Crippen LogP contribution in [0.3, 0.4) is 0 Å². The number of hydrogen-bond donors (Lipinski definition) is 1. The molecule has 0 amide bonds. The fourth-order valence-electron chi connectivity index (χ4n) is 3.02. The van der Waals surface area contributed by atoms with Gasteiger partial charge in [0.25, 0.3) is 0 Å². The maximum Gasteiger partial charge on any atom is 0.159 e. The van der Waals surface area contributed by atoms with E-state index in [2.05, 4.69) is 35.5 Å². The number of aliphatic hydroxyl groups is 1. The zero-order valence-corrected chi connectivity index (χ0v) is 11.8. The average molecular weight is 251 g/mol. The van der Waals surface area contributed by atoms with E-state index in [0.717, 1.165) is 18.2 Å². The van der Waals surface area contributed by atoms with Gasteiger partial charge in [-0.05, 0) is 33.1 Å². The number of aromatic nitrogens is 3. The lowest BCUT2D eigenvalue weighted by atomic mass is 10.0. The monoisotopic (exact) mass is 251 g/mol. The largest absolute Gasteiger partial charge is 0.388 e. The van der Waals surface area contributed by atoms with Gasteiger partial charge in [0.15, 0.2) is 5.82 Å². The smallest absolute Gasteiger partial charge is 0.159 e. The molecule has 1 aliphatic rings. The maximum absolute atomic E-state index is 9.35. The summed E-state index contributed by atoms with van der Waals surface area (Å²) >= 11 is 0. The highest BCUT2D eigenvalue weighted by atomic mass is 16.3. The van der Waals surface area contributed by atoms with Crippen molar-refractivity contribution in [1.82, 2.24) is 14.8 Å². The molecule has 0 saturated heterocycles. The van der Waals surface area contributed by atoms with Crippen molar-refractivity contribution >= 4 is 0 Å². The van der Waals surface area contributed by atoms with Crippen molar-refractivity contribution < 1.29 is 5.11 Å². The van der Waals surface area contributed by atoms with E-state index in [1.807, 2.05) is 0 Å². The van der Waals surface area contributed by atoms with Crippen LogP contribution in [0, 0.1) is 5.92 Å². The molecule has 0 bridgehead atoms. The summed E-state index contributed by atoms with van der Waals surface area (Å²) in [7, 11) is 0. The molecule has 4 heteroatoms. The predicted octanol–water partition coefficient (Wildman–Crippen LogP) is 2.65. The fraction of sp³-hybridized carbons (Fsp3) is 0.857. The predicted molar refractivity (Wildman–Crippen MR) is 71.2 cm³/mol. The van der Waals surface area contributed by atoms with Gasteiger partial charge in [0.05, 0.1) is 0 Å². The number of hydrogen-bond acceptors (Lipinski definition) is 3. The van der Waals surface area contributed by atoms with Crippen LogP contribution in [0.1, 0.15) is 64.5 Å². The van der Waals surface area contributed by atoms with E-state index in [4.69, 9.17) is 0 Å². The molecule has 1 saturated carbocycles. The summed E-state index contributed by atoms with van der Waals surface area (Å²) in [4.78, 5) is 0. The summed E-state index contributed by atoms with van der Waals surface area (Å²) in [6, 6.07) is 0. The number of aliphatic hydroxyl groups excluding tert-OH is 1. The van der Waals surface area contributed by atoms with Crippen molar-refractivity contribution in [3.05, 3.63) is 11.6 Å². The van der Waals surface area contributed by atoms with E-state index in [1.54, 1.807) is 0 Å². The van der Waals surface area contributed by atoms with Crippen molar-refractivity contribution in [3.8, 4) is 0 Å². The lowest BCUT2D eigenvalue weighted by molar-refractivity contribution is 0.247. The molecule has 0 aliphatic heterocycles. The molecular weight excluding hydrogens is 226 g/mol. The zero-order chi connectivity index (χ0) is 13.2. The van der Waals surface area contributed by atoms with E-state index in [-0.39, 0.29) is 12.1 Å². The summed E-state index contributed by atoms with van der Waals surface area (Å²) in [5.41, 5.74) is -0.0629. The summed E-state index contributed by atoms with van der Waals surface area (Å²) < 4.78 is 2.10. The van der Waals surface area contributed by atoms with Crippen LogP contribution in [-0.4, -0.2) is 19.9 Å². The van der Waals surface area contributed by atoms with E-state index >= 15 is 0 Å². The van der Waals surface area contributed by atoms with Crippen LogP contribution in [0.5, 0.6) is 0 Å². The normalized spacial score (nSPS) is 17.6. The number of rotatable bonds is 4. The molecule has 1 heterocycles. The van der Waals surface area contributed by atoms with Gasteiger partial charge in [0, 0.05) is 12.0 Å². The average Bonchev–Trinajstić information content (AvgIpc) is 2.94. The van der Waals surface area contributed by atoms with Crippen molar-refractivity contribution in [2.75, 3.05) is 0 Å². The molecule has 0 radical (unpaired) electrons. The molecular formula is C14H25N3O. The van der Waals surface area contributed by atoms with Crippen molar-refractivity contribution in [3.63, 3.8) is 0 Å². The molecule has 0 unspecified atom stereocenters. The van der Waals surface area contributed by atoms with Crippen molar-refractivity contribution in [1.29, 1.82) is 0 Å². The summed E-state index contributed by atoms with van der Waals surface area (Å²) in [6.45, 7) is 6.37. The minimum atomic E-state index is -0.0629. The van der Waals surface area contributed by atoms with Crippen LogP contribution in [-0.2, 0) is 18.6 Å². The Kier molecular flexibility index (Phi) is 4.05. The van der Waals surface area contributed by atoms with Crippen molar-refractivity contribution in [2.24, 2.45) is 5.92 Å². The summed E-state index contributed by atoms with van der Waals surface area (Å²) in [5.74, 6) is 2.58. The number of aryl methyl sites for hydroxylation is 1. The minimum Gasteiger partial charge on any atom is -0.388 e. The Balaban J connectivity index is 2.09. The van der Waals surface area contributed by atoms with Gasteiger partial charge in [-0.2, -0.15) is 0 Å². The molecule has 1 aromatic heterocycles. The lowest BCUT2D eigenvalue weighted by Gasteiger charge is -2.25. The van der Waals surface area contributed by atoms with Gasteiger partial charge in [-0.3, -0.25) is 0 Å². The van der Waals surface area contributed by atoms with Crippen LogP contribution in [0.25, 0.3) is 0 Å². The molecule has 2 rings (SSSR count). The van der Waals surface area contributed by atoms with E-state index in [1.165, 1.54) is 32.1 Å². The molecule has 18 heavy (non-hydrogen) atoms. The third kappa shape index (κ3) is 2.91. The van der Waals surface area contributed by atoms with Crippen LogP contribution in [0.2, 0.25) is 0 Å². The second-order valence-corrected chi connectivity index (χ2v) is 6.39. The molecule has 0 spiro atoms. The Morgan fingerprint density at radius 2 is 1.78 bits per heavy atom. The van der Waals surface area contributed by atoms with Gasteiger partial charge in [0.1, 0.15) is 12.4 Å². The highest BCUT2D eigenvalue weighted by Crippen LogP contribution is 2.29. The molecule has 1 N–H and O–H groups in total. The third-order valence-corrected chi connectivity index (χ3v) is 3.86. The molecule has 1 aliphatic carbocycles. The highest BCUT2D eigenvalue weighted by Gasteiger charge is 2.23. The standard InChI is InChI=1S/C14H25N3O/c1-14(2,3)17-12(15-16-13(17)10-18)9-8-11-6-4-5-7-11/h11,18H,4-10H2,1-3H3. The Hall–Kier alpha value is -0.900. The van der Waals surface area contributed by atoms with Crippen LogP contribution < -0.4 is 0 Å². The van der Waals surface area contributed by atoms with E-state index < -0.39 is 0 Å². The third-order valence-electron chi connectivity index (χ3n) is 3.86. The van der Waals surface area contributed by atoms with Gasteiger partial charge in [-0.1, -0.05) is 25.7 Å². The summed E-state index contributed by atoms with van der Waals surface area (Å²) in [6.07, 6.45) is 7.71. The van der Waals surface area contributed by atoms with Gasteiger partial charge in [-0.25, -0.2) is 0 Å². The SMILES string of the molecule is CC(C)(C)n1c(CO)nnc1CCC1CCCC1. The lowest BCUT2D eigenvalue weighted by Crippen LogP contribution is -2.26. The van der Waals surface area contributed by atoms with Crippen molar-refractivity contribution in [2.45, 2.75) is 71.4 Å². The van der Waals surface area contributed by atoms with Crippen LogP contribution in [0.4, 0.5) is 0 Å². The minimum absolute atomic E-state index is 0.0340. The highest BCUT2D eigenvalue weighted by molar-refractivity contribution is 5.01. The molecule has 1 aromatic rings. The van der Waals surface area contributed by atoms with Crippen LogP contribution >= 0.6 is 0 Å². The second kappa shape index (κ2) is 5.39. The molecule has 1 fully saturated rings. The van der Waals surface area contributed by atoms with Gasteiger partial charge in [0.2, 0.25) is 0 Å². The first-order valence-corrected chi connectivity index (χ1v) is 7.07. The Bertz CT molecular complexity index is 386. The molecule has 0 aromatic carbocycles. The van der Waals surface area contributed by atoms with Gasteiger partial charge < -0.3 is 9.67 Å². The summed E-state index contributed by atoms with van der Waals surface area (Å²) in [5, 5.41) is 17.7. The molecule has 0 atom stereocenters. The topological polar surface area (TPSA) is 50.9 Å². The molecule has 102 valence electrons. The Morgan fingerprint density at radius 3 is 2.33 bits per heavy atom. The van der Waals surface area contributed by atoms with Gasteiger partial charge in [-0.15, -0.1) is 10.2 Å². The molecule has 4 nitrogen and oxygen atoms in total. The Morgan fingerprint density at radius 1 is 1.17 bits per heavy atom. The second-order valence-electron chi connectivity index (χ2n) is 6.39. The first-order chi connectivity index (χ1) is 8.52. The first-order valence-electron chi connectivity index (χ1n) is 7.07. The fourth-order valence-corrected chi connectivity index (χ4v) is 3.02. The van der Waals surface area contributed by atoms with E-state index in [9.17, 15) is 5.11 Å². The zero-order valence-electron chi connectivity index (χ0n) is 11.8.